The first-order valence-corrected chi connectivity index (χ1v) is 12.7. The van der Waals surface area contributed by atoms with Crippen LogP contribution < -0.4 is 0 Å². The molecule has 0 heterocycles. The van der Waals surface area contributed by atoms with Crippen molar-refractivity contribution in [2.24, 2.45) is 0 Å². The summed E-state index contributed by atoms with van der Waals surface area (Å²) < 4.78 is 10.3. The average molecular weight is 534 g/mol. The monoisotopic (exact) mass is 533 g/mol. The highest BCUT2D eigenvalue weighted by Gasteiger charge is 2.19. The fraction of sp³-hybridized carbons (Fsp3) is 0.792. The van der Waals surface area contributed by atoms with Crippen molar-refractivity contribution < 1.29 is 48.8 Å². The van der Waals surface area contributed by atoms with Crippen molar-refractivity contribution in [3.05, 3.63) is 0 Å². The number of ether oxygens (including phenoxy) is 2. The quantitative estimate of drug-likeness (QED) is 0.116. The molecule has 0 atom stereocenters. The summed E-state index contributed by atoms with van der Waals surface area (Å²) in [5.74, 6) is -4.08. The lowest BCUT2D eigenvalue weighted by atomic mass is 10.3. The largest absolute Gasteiger partial charge is 0.481 e. The van der Waals surface area contributed by atoms with Crippen LogP contribution in [0.25, 0.3) is 0 Å². The van der Waals surface area contributed by atoms with Gasteiger partial charge >= 0.3 is 29.8 Å². The zero-order valence-corrected chi connectivity index (χ0v) is 22.1. The Bertz CT molecular complexity index is 654. The maximum atomic E-state index is 12.1. The number of esters is 2. The van der Waals surface area contributed by atoms with Gasteiger partial charge in [0.1, 0.15) is 0 Å². The third-order valence-electron chi connectivity index (χ3n) is 5.33. The van der Waals surface area contributed by atoms with E-state index in [1.165, 1.54) is 0 Å². The van der Waals surface area contributed by atoms with Gasteiger partial charge in [0, 0.05) is 39.3 Å². The van der Waals surface area contributed by atoms with Gasteiger partial charge in [0.25, 0.3) is 0 Å². The Kier molecular flexibility index (Phi) is 19.7. The lowest BCUT2D eigenvalue weighted by Gasteiger charge is -2.28. The minimum absolute atomic E-state index is 0.0907. The SMILES string of the molecule is CCCCOC(=O)CN(CCC(=O)O)CCN(CCN(CCC(=O)O)CC(=O)OCCCC)CC(=O)O. The number of unbranched alkanes of at least 4 members (excludes halogenated alkanes) is 2. The standard InChI is InChI=1S/C24H43N3O10/c1-3-5-15-36-23(34)18-25(9-7-20(28)29)11-13-27(17-22(32)33)14-12-26(10-8-21(30)31)19-24(35)37-16-6-4-2/h3-19H2,1-2H3,(H,28,29)(H,30,31)(H,32,33). The highest BCUT2D eigenvalue weighted by atomic mass is 16.5. The first kappa shape index (κ1) is 34.2. The number of hydrogen-bond acceptors (Lipinski definition) is 10. The predicted molar refractivity (Wildman–Crippen MR) is 133 cm³/mol. The lowest BCUT2D eigenvalue weighted by Crippen LogP contribution is -2.44. The summed E-state index contributed by atoms with van der Waals surface area (Å²) in [6.45, 7) is 4.96. The van der Waals surface area contributed by atoms with Crippen LogP contribution in [0.3, 0.4) is 0 Å². The second kappa shape index (κ2) is 21.3. The van der Waals surface area contributed by atoms with Crippen LogP contribution in [0.15, 0.2) is 0 Å². The van der Waals surface area contributed by atoms with Crippen LogP contribution in [0.2, 0.25) is 0 Å². The Hall–Kier alpha value is -2.77. The number of carboxylic acids is 3. The van der Waals surface area contributed by atoms with Crippen molar-refractivity contribution in [2.45, 2.75) is 52.4 Å². The van der Waals surface area contributed by atoms with Crippen LogP contribution in [0.4, 0.5) is 0 Å². The number of carbonyl (C=O) groups excluding carboxylic acids is 2. The molecule has 0 aliphatic heterocycles. The minimum atomic E-state index is -1.08. The van der Waals surface area contributed by atoms with E-state index in [-0.39, 0.29) is 85.0 Å². The van der Waals surface area contributed by atoms with E-state index in [1.807, 2.05) is 13.8 Å². The number of aliphatic carboxylic acids is 3. The Morgan fingerprint density at radius 3 is 1.19 bits per heavy atom. The van der Waals surface area contributed by atoms with Crippen molar-refractivity contribution >= 4 is 29.8 Å². The molecule has 214 valence electrons. The van der Waals surface area contributed by atoms with E-state index in [4.69, 9.17) is 19.7 Å². The first-order chi connectivity index (χ1) is 17.6. The first-order valence-electron chi connectivity index (χ1n) is 12.7. The summed E-state index contributed by atoms with van der Waals surface area (Å²) >= 11 is 0. The van der Waals surface area contributed by atoms with Crippen LogP contribution in [0, 0.1) is 0 Å². The van der Waals surface area contributed by atoms with Crippen LogP contribution in [0.5, 0.6) is 0 Å². The Balaban J connectivity index is 5.10. The molecule has 0 aliphatic carbocycles. The zero-order chi connectivity index (χ0) is 28.1. The molecule has 0 aromatic carbocycles. The number of carboxylic acid groups (broad SMARTS) is 3. The highest BCUT2D eigenvalue weighted by molar-refractivity contribution is 5.72. The van der Waals surface area contributed by atoms with Crippen molar-refractivity contribution in [3.8, 4) is 0 Å². The molecule has 0 bridgehead atoms. The zero-order valence-electron chi connectivity index (χ0n) is 22.1. The molecule has 0 aromatic rings. The molecule has 13 heteroatoms. The molecule has 0 saturated heterocycles. The Morgan fingerprint density at radius 1 is 0.541 bits per heavy atom. The highest BCUT2D eigenvalue weighted by Crippen LogP contribution is 2.01. The summed E-state index contributed by atoms with van der Waals surface area (Å²) in [5, 5.41) is 27.4. The molecular formula is C24H43N3O10. The van der Waals surface area contributed by atoms with Crippen LogP contribution >= 0.6 is 0 Å². The summed E-state index contributed by atoms with van der Waals surface area (Å²) in [7, 11) is 0. The van der Waals surface area contributed by atoms with Crippen LogP contribution in [-0.2, 0) is 33.4 Å². The maximum Gasteiger partial charge on any atom is 0.320 e. The lowest BCUT2D eigenvalue weighted by molar-refractivity contribution is -0.146. The topological polar surface area (TPSA) is 174 Å². The fourth-order valence-corrected chi connectivity index (χ4v) is 3.19. The molecule has 0 rings (SSSR count). The molecule has 0 spiro atoms. The smallest absolute Gasteiger partial charge is 0.320 e. The van der Waals surface area contributed by atoms with E-state index in [0.717, 1.165) is 25.7 Å². The van der Waals surface area contributed by atoms with Gasteiger partial charge in [-0.25, -0.2) is 0 Å². The normalized spacial score (nSPS) is 11.2. The van der Waals surface area contributed by atoms with Gasteiger partial charge < -0.3 is 24.8 Å². The molecule has 0 saturated carbocycles. The molecule has 13 nitrogen and oxygen atoms in total. The number of hydrogen-bond donors (Lipinski definition) is 3. The molecule has 0 radical (unpaired) electrons. The van der Waals surface area contributed by atoms with Crippen molar-refractivity contribution in [2.75, 3.05) is 72.1 Å². The van der Waals surface area contributed by atoms with Gasteiger partial charge in [-0.1, -0.05) is 26.7 Å². The molecule has 37 heavy (non-hydrogen) atoms. The molecular weight excluding hydrogens is 490 g/mol. The van der Waals surface area contributed by atoms with Gasteiger partial charge in [0.15, 0.2) is 0 Å². The summed E-state index contributed by atoms with van der Waals surface area (Å²) in [5.41, 5.74) is 0. The second-order valence-corrected chi connectivity index (χ2v) is 8.66. The van der Waals surface area contributed by atoms with Crippen molar-refractivity contribution in [1.82, 2.24) is 14.7 Å². The maximum absolute atomic E-state index is 12.1. The minimum Gasteiger partial charge on any atom is -0.481 e. The van der Waals surface area contributed by atoms with E-state index in [0.29, 0.717) is 0 Å². The number of carbonyl (C=O) groups is 5. The molecule has 3 N–H and O–H groups in total. The van der Waals surface area contributed by atoms with Gasteiger partial charge in [-0.05, 0) is 12.8 Å². The number of nitrogens with zero attached hydrogens (tertiary/aromatic N) is 3. The molecule has 0 aromatic heterocycles. The van der Waals surface area contributed by atoms with Crippen LogP contribution in [-0.4, -0.2) is 132 Å². The fourth-order valence-electron chi connectivity index (χ4n) is 3.19. The third kappa shape index (κ3) is 21.1. The summed E-state index contributed by atoms with van der Waals surface area (Å²) in [4.78, 5) is 62.5. The van der Waals surface area contributed by atoms with Crippen LogP contribution in [0.1, 0.15) is 52.4 Å². The van der Waals surface area contributed by atoms with Crippen molar-refractivity contribution in [3.63, 3.8) is 0 Å². The van der Waals surface area contributed by atoms with Gasteiger partial charge in [-0.2, -0.15) is 0 Å². The third-order valence-corrected chi connectivity index (χ3v) is 5.33. The van der Waals surface area contributed by atoms with Gasteiger partial charge in [0.2, 0.25) is 0 Å². The molecule has 0 aliphatic rings. The predicted octanol–water partition coefficient (Wildman–Crippen LogP) is 0.613. The van der Waals surface area contributed by atoms with E-state index < -0.39 is 29.8 Å². The van der Waals surface area contributed by atoms with E-state index >= 15 is 0 Å². The molecule has 0 fully saturated rings. The summed E-state index contributed by atoms with van der Waals surface area (Å²) in [6.07, 6.45) is 2.78. The average Bonchev–Trinajstić information content (AvgIpc) is 2.81. The van der Waals surface area contributed by atoms with E-state index in [2.05, 4.69) is 0 Å². The van der Waals surface area contributed by atoms with Gasteiger partial charge in [-0.3, -0.25) is 38.7 Å². The van der Waals surface area contributed by atoms with Crippen molar-refractivity contribution in [1.29, 1.82) is 0 Å². The molecule has 0 amide bonds. The Morgan fingerprint density at radius 2 is 0.892 bits per heavy atom. The van der Waals surface area contributed by atoms with Gasteiger partial charge in [0.05, 0.1) is 45.7 Å². The molecule has 0 unspecified atom stereocenters. The van der Waals surface area contributed by atoms with E-state index in [1.54, 1.807) is 14.7 Å². The number of rotatable bonds is 24. The van der Waals surface area contributed by atoms with Gasteiger partial charge in [-0.15, -0.1) is 0 Å². The summed E-state index contributed by atoms with van der Waals surface area (Å²) in [6, 6.07) is 0. The Labute approximate surface area is 218 Å². The second-order valence-electron chi connectivity index (χ2n) is 8.66. The van der Waals surface area contributed by atoms with E-state index in [9.17, 15) is 29.1 Å².